The van der Waals surface area contributed by atoms with Crippen LogP contribution in [-0.4, -0.2) is 57.4 Å². The number of anilines is 1. The van der Waals surface area contributed by atoms with Crippen LogP contribution < -0.4 is 19.7 Å². The van der Waals surface area contributed by atoms with Gasteiger partial charge in [-0.25, -0.2) is 8.42 Å². The Kier molecular flexibility index (Phi) is 9.84. The predicted octanol–water partition coefficient (Wildman–Crippen LogP) is 4.69. The van der Waals surface area contributed by atoms with Gasteiger partial charge >= 0.3 is 0 Å². The van der Waals surface area contributed by atoms with E-state index in [1.807, 2.05) is 60.7 Å². The van der Waals surface area contributed by atoms with Gasteiger partial charge < -0.3 is 19.7 Å². The molecule has 5 rings (SSSR count). The Bertz CT molecular complexity index is 1720. The SMILES string of the molecule is COc1ccc(S(=O)(=O)N(CCc2ccccc2)CC(=O)N2C[C@@H](C(=O)NCc3ccccc3)Oc3ccccc32)cc1Cl. The molecule has 4 aromatic rings. The number of halogens is 1. The van der Waals surface area contributed by atoms with Crippen molar-refractivity contribution in [2.45, 2.75) is 24.0 Å². The van der Waals surface area contributed by atoms with Gasteiger partial charge in [0.05, 0.1) is 35.8 Å². The fourth-order valence-corrected chi connectivity index (χ4v) is 6.62. The maximum absolute atomic E-state index is 14.0. The number of carbonyl (C=O) groups excluding carboxylic acids is 2. The van der Waals surface area contributed by atoms with E-state index in [1.54, 1.807) is 24.3 Å². The second-order valence-corrected chi connectivity index (χ2v) is 12.5. The summed E-state index contributed by atoms with van der Waals surface area (Å²) in [5.74, 6) is -0.202. The molecule has 0 aliphatic carbocycles. The number of para-hydroxylation sites is 2. The van der Waals surface area contributed by atoms with Crippen LogP contribution in [-0.2, 0) is 32.6 Å². The van der Waals surface area contributed by atoms with Crippen molar-refractivity contribution in [3.8, 4) is 11.5 Å². The molecule has 0 saturated heterocycles. The number of ether oxygens (including phenoxy) is 2. The van der Waals surface area contributed by atoms with E-state index in [0.717, 1.165) is 15.4 Å². The first-order valence-electron chi connectivity index (χ1n) is 14.0. The normalized spacial score (nSPS) is 14.4. The highest BCUT2D eigenvalue weighted by molar-refractivity contribution is 7.89. The summed E-state index contributed by atoms with van der Waals surface area (Å²) in [5, 5.41) is 3.00. The number of nitrogens with zero attached hydrogens (tertiary/aromatic N) is 2. The number of hydrogen-bond acceptors (Lipinski definition) is 6. The maximum atomic E-state index is 14.0. The Morgan fingerprint density at radius 3 is 2.30 bits per heavy atom. The van der Waals surface area contributed by atoms with Gasteiger partial charge in [-0.15, -0.1) is 0 Å². The average Bonchev–Trinajstić information content (AvgIpc) is 3.05. The second-order valence-electron chi connectivity index (χ2n) is 10.2. The lowest BCUT2D eigenvalue weighted by atomic mass is 10.1. The lowest BCUT2D eigenvalue weighted by Gasteiger charge is -2.35. The van der Waals surface area contributed by atoms with Gasteiger partial charge in [-0.1, -0.05) is 84.4 Å². The van der Waals surface area contributed by atoms with Crippen molar-refractivity contribution in [2.75, 3.05) is 31.6 Å². The molecule has 0 aromatic heterocycles. The maximum Gasteiger partial charge on any atom is 0.263 e. The second kappa shape index (κ2) is 13.9. The van der Waals surface area contributed by atoms with Crippen molar-refractivity contribution in [1.82, 2.24) is 9.62 Å². The van der Waals surface area contributed by atoms with Crippen LogP contribution in [0.1, 0.15) is 11.1 Å². The Labute approximate surface area is 262 Å². The van der Waals surface area contributed by atoms with Gasteiger partial charge in [-0.2, -0.15) is 4.31 Å². The van der Waals surface area contributed by atoms with Crippen LogP contribution in [0, 0.1) is 0 Å². The number of hydrogen-bond donors (Lipinski definition) is 1. The summed E-state index contributed by atoms with van der Waals surface area (Å²) in [7, 11) is -2.72. The van der Waals surface area contributed by atoms with Gasteiger partial charge in [0, 0.05) is 13.1 Å². The van der Waals surface area contributed by atoms with Crippen LogP contribution in [0.5, 0.6) is 11.5 Å². The molecule has 2 amide bonds. The highest BCUT2D eigenvalue weighted by atomic mass is 35.5. The van der Waals surface area contributed by atoms with Crippen molar-refractivity contribution in [1.29, 1.82) is 0 Å². The van der Waals surface area contributed by atoms with E-state index >= 15 is 0 Å². The third kappa shape index (κ3) is 7.21. The van der Waals surface area contributed by atoms with E-state index < -0.39 is 28.6 Å². The molecular weight excluding hydrogens is 602 g/mol. The zero-order valence-electron chi connectivity index (χ0n) is 24.1. The first-order valence-corrected chi connectivity index (χ1v) is 15.8. The highest BCUT2D eigenvalue weighted by Crippen LogP contribution is 2.34. The monoisotopic (exact) mass is 633 g/mol. The summed E-state index contributed by atoms with van der Waals surface area (Å²) < 4.78 is 40.2. The summed E-state index contributed by atoms with van der Waals surface area (Å²) in [6, 6.07) is 29.9. The number of sulfonamides is 1. The van der Waals surface area contributed by atoms with Crippen molar-refractivity contribution >= 4 is 39.1 Å². The molecule has 0 fully saturated rings. The molecule has 0 unspecified atom stereocenters. The number of carbonyl (C=O) groups is 2. The van der Waals surface area contributed by atoms with Crippen LogP contribution in [0.4, 0.5) is 5.69 Å². The van der Waals surface area contributed by atoms with Gasteiger partial charge in [0.25, 0.3) is 5.91 Å². The van der Waals surface area contributed by atoms with Gasteiger partial charge in [-0.05, 0) is 47.9 Å². The van der Waals surface area contributed by atoms with Crippen molar-refractivity contribution < 1.29 is 27.5 Å². The molecule has 1 N–H and O–H groups in total. The molecular formula is C33H32ClN3O6S. The van der Waals surface area contributed by atoms with E-state index in [-0.39, 0.29) is 28.9 Å². The molecule has 11 heteroatoms. The zero-order chi connectivity index (χ0) is 31.1. The molecule has 1 heterocycles. The zero-order valence-corrected chi connectivity index (χ0v) is 25.6. The van der Waals surface area contributed by atoms with E-state index in [1.165, 1.54) is 30.2 Å². The lowest BCUT2D eigenvalue weighted by Crippen LogP contribution is -2.53. The fourth-order valence-electron chi connectivity index (χ4n) is 4.88. The minimum atomic E-state index is -4.16. The molecule has 0 radical (unpaired) electrons. The van der Waals surface area contributed by atoms with Crippen LogP contribution >= 0.6 is 11.6 Å². The minimum Gasteiger partial charge on any atom is -0.495 e. The van der Waals surface area contributed by atoms with Crippen molar-refractivity contribution in [2.24, 2.45) is 0 Å². The van der Waals surface area contributed by atoms with Crippen LogP contribution in [0.25, 0.3) is 0 Å². The number of amides is 2. The number of fused-ring (bicyclic) bond motifs is 1. The number of methoxy groups -OCH3 is 1. The fraction of sp³-hybridized carbons (Fsp3) is 0.212. The minimum absolute atomic E-state index is 0.0364. The summed E-state index contributed by atoms with van der Waals surface area (Å²) in [4.78, 5) is 28.5. The van der Waals surface area contributed by atoms with Crippen LogP contribution in [0.2, 0.25) is 5.02 Å². The largest absolute Gasteiger partial charge is 0.495 e. The number of nitrogens with one attached hydrogen (secondary N) is 1. The molecule has 9 nitrogen and oxygen atoms in total. The summed E-state index contributed by atoms with van der Waals surface area (Å²) in [6.07, 6.45) is -0.617. The number of benzene rings is 4. The van der Waals surface area contributed by atoms with Gasteiger partial charge in [-0.3, -0.25) is 9.59 Å². The van der Waals surface area contributed by atoms with Crippen molar-refractivity contribution in [3.63, 3.8) is 0 Å². The topological polar surface area (TPSA) is 105 Å². The molecule has 4 aromatic carbocycles. The van der Waals surface area contributed by atoms with Crippen molar-refractivity contribution in [3.05, 3.63) is 119 Å². The molecule has 0 saturated carbocycles. The molecule has 228 valence electrons. The van der Waals surface area contributed by atoms with Crippen LogP contribution in [0.15, 0.2) is 108 Å². The summed E-state index contributed by atoms with van der Waals surface area (Å²) >= 11 is 6.27. The van der Waals surface area contributed by atoms with E-state index in [0.29, 0.717) is 30.2 Å². The molecule has 1 atom stereocenters. The molecule has 1 aliphatic rings. The third-order valence-electron chi connectivity index (χ3n) is 7.24. The van der Waals surface area contributed by atoms with E-state index in [9.17, 15) is 18.0 Å². The average molecular weight is 634 g/mol. The van der Waals surface area contributed by atoms with Gasteiger partial charge in [0.15, 0.2) is 6.10 Å². The summed E-state index contributed by atoms with van der Waals surface area (Å²) in [6.45, 7) is -0.220. The Balaban J connectivity index is 1.40. The lowest BCUT2D eigenvalue weighted by molar-refractivity contribution is -0.128. The number of rotatable bonds is 11. The van der Waals surface area contributed by atoms with Gasteiger partial charge in [0.2, 0.25) is 15.9 Å². The Hall–Kier alpha value is -4.38. The predicted molar refractivity (Wildman–Crippen MR) is 168 cm³/mol. The molecule has 0 spiro atoms. The smallest absolute Gasteiger partial charge is 0.263 e. The quantitative estimate of drug-likeness (QED) is 0.257. The Morgan fingerprint density at radius 2 is 1.61 bits per heavy atom. The van der Waals surface area contributed by atoms with Gasteiger partial charge in [0.1, 0.15) is 11.5 Å². The first kappa shape index (κ1) is 31.1. The molecule has 0 bridgehead atoms. The highest BCUT2D eigenvalue weighted by Gasteiger charge is 2.36. The van der Waals surface area contributed by atoms with E-state index in [4.69, 9.17) is 21.1 Å². The summed E-state index contributed by atoms with van der Waals surface area (Å²) in [5.41, 5.74) is 2.29. The van der Waals surface area contributed by atoms with Crippen LogP contribution in [0.3, 0.4) is 0 Å². The molecule has 44 heavy (non-hydrogen) atoms. The standard InChI is InChI=1S/C33H32ClN3O6S/c1-42-29-17-16-26(20-27(29)34)44(40,41)36(19-18-24-10-4-2-5-11-24)23-32(38)37-22-31(43-30-15-9-8-14-28(30)37)33(39)35-21-25-12-6-3-7-13-25/h2-17,20,31H,18-19,21-23H2,1H3,(H,35,39)/t31-/m0/s1. The van der Waals surface area contributed by atoms with E-state index in [2.05, 4.69) is 5.32 Å². The Morgan fingerprint density at radius 1 is 0.955 bits per heavy atom. The molecule has 1 aliphatic heterocycles. The first-order chi connectivity index (χ1) is 21.3. The third-order valence-corrected chi connectivity index (χ3v) is 9.38.